The molecule has 1 amide bonds. The summed E-state index contributed by atoms with van der Waals surface area (Å²) in [7, 11) is 5.17. The number of carbonyl (C=O) groups excluding carboxylic acids is 1. The SMILES string of the molecule is COc1ccc(C(=O)Nc2cnc(N(C)C)nc2)cc1OCCO. The van der Waals surface area contributed by atoms with Crippen molar-refractivity contribution >= 4 is 17.5 Å². The molecule has 0 spiro atoms. The summed E-state index contributed by atoms with van der Waals surface area (Å²) in [6.45, 7) is -0.0174. The van der Waals surface area contributed by atoms with Crippen molar-refractivity contribution in [3.8, 4) is 11.5 Å². The van der Waals surface area contributed by atoms with Gasteiger partial charge >= 0.3 is 0 Å². The van der Waals surface area contributed by atoms with Crippen LogP contribution in [0, 0.1) is 0 Å². The quantitative estimate of drug-likeness (QED) is 0.785. The molecule has 0 aliphatic heterocycles. The molecule has 0 fully saturated rings. The lowest BCUT2D eigenvalue weighted by molar-refractivity contribution is 0.102. The monoisotopic (exact) mass is 332 g/mol. The summed E-state index contributed by atoms with van der Waals surface area (Å²) >= 11 is 0. The second-order valence-electron chi connectivity index (χ2n) is 5.06. The summed E-state index contributed by atoms with van der Waals surface area (Å²) in [5.41, 5.74) is 0.875. The molecular weight excluding hydrogens is 312 g/mol. The van der Waals surface area contributed by atoms with E-state index in [1.165, 1.54) is 19.5 Å². The Labute approximate surface area is 140 Å². The molecule has 8 nitrogen and oxygen atoms in total. The highest BCUT2D eigenvalue weighted by Crippen LogP contribution is 2.28. The predicted octanol–water partition coefficient (Wildman–Crippen LogP) is 1.17. The van der Waals surface area contributed by atoms with Gasteiger partial charge in [0.25, 0.3) is 5.91 Å². The highest BCUT2D eigenvalue weighted by Gasteiger charge is 2.12. The van der Waals surface area contributed by atoms with Gasteiger partial charge in [0, 0.05) is 19.7 Å². The van der Waals surface area contributed by atoms with Gasteiger partial charge in [-0.2, -0.15) is 0 Å². The smallest absolute Gasteiger partial charge is 0.255 e. The van der Waals surface area contributed by atoms with Gasteiger partial charge in [-0.15, -0.1) is 0 Å². The van der Waals surface area contributed by atoms with Crippen LogP contribution in [0.1, 0.15) is 10.4 Å². The highest BCUT2D eigenvalue weighted by molar-refractivity contribution is 6.04. The predicted molar refractivity (Wildman–Crippen MR) is 89.9 cm³/mol. The number of aliphatic hydroxyl groups excluding tert-OH is 1. The van der Waals surface area contributed by atoms with Crippen LogP contribution in [0.15, 0.2) is 30.6 Å². The van der Waals surface area contributed by atoms with E-state index in [4.69, 9.17) is 14.6 Å². The molecule has 0 bridgehead atoms. The first-order valence-electron chi connectivity index (χ1n) is 7.27. The molecule has 0 atom stereocenters. The van der Waals surface area contributed by atoms with Gasteiger partial charge in [-0.05, 0) is 18.2 Å². The number of amides is 1. The molecule has 0 aliphatic rings. The van der Waals surface area contributed by atoms with Crippen LogP contribution in [0.4, 0.5) is 11.6 Å². The van der Waals surface area contributed by atoms with Crippen LogP contribution in [-0.2, 0) is 0 Å². The minimum absolute atomic E-state index is 0.112. The molecule has 1 aromatic heterocycles. The first-order valence-corrected chi connectivity index (χ1v) is 7.27. The Morgan fingerprint density at radius 2 is 1.96 bits per heavy atom. The number of aliphatic hydroxyl groups is 1. The number of nitrogens with zero attached hydrogens (tertiary/aromatic N) is 3. The van der Waals surface area contributed by atoms with Crippen molar-refractivity contribution in [1.82, 2.24) is 9.97 Å². The number of anilines is 2. The second-order valence-corrected chi connectivity index (χ2v) is 5.06. The number of aromatic nitrogens is 2. The summed E-state index contributed by atoms with van der Waals surface area (Å²) in [6, 6.07) is 4.81. The van der Waals surface area contributed by atoms with Crippen LogP contribution in [0.25, 0.3) is 0 Å². The summed E-state index contributed by atoms with van der Waals surface area (Å²) in [6.07, 6.45) is 3.07. The Hall–Kier alpha value is -2.87. The molecule has 1 heterocycles. The van der Waals surface area contributed by atoms with Crippen molar-refractivity contribution < 1.29 is 19.4 Å². The molecule has 128 valence electrons. The standard InChI is InChI=1S/C16H20N4O4/c1-20(2)16-17-9-12(10-18-16)19-15(22)11-4-5-13(23-3)14(8-11)24-7-6-21/h4-5,8-10,21H,6-7H2,1-3H3,(H,19,22). The molecule has 0 saturated carbocycles. The van der Waals surface area contributed by atoms with Crippen molar-refractivity contribution in [2.45, 2.75) is 0 Å². The molecule has 0 radical (unpaired) electrons. The van der Waals surface area contributed by atoms with Gasteiger partial charge < -0.3 is 24.8 Å². The van der Waals surface area contributed by atoms with Gasteiger partial charge in [-0.1, -0.05) is 0 Å². The molecule has 2 aromatic rings. The fourth-order valence-corrected chi connectivity index (χ4v) is 1.91. The molecule has 8 heteroatoms. The lowest BCUT2D eigenvalue weighted by Crippen LogP contribution is -2.15. The van der Waals surface area contributed by atoms with Crippen LogP contribution >= 0.6 is 0 Å². The molecule has 0 aliphatic carbocycles. The Balaban J connectivity index is 2.13. The van der Waals surface area contributed by atoms with Gasteiger partial charge in [0.15, 0.2) is 11.5 Å². The zero-order chi connectivity index (χ0) is 17.5. The maximum absolute atomic E-state index is 12.3. The van der Waals surface area contributed by atoms with E-state index in [9.17, 15) is 4.79 Å². The summed E-state index contributed by atoms with van der Waals surface area (Å²) in [5, 5.41) is 11.6. The van der Waals surface area contributed by atoms with Crippen molar-refractivity contribution in [2.75, 3.05) is 44.6 Å². The highest BCUT2D eigenvalue weighted by atomic mass is 16.5. The molecule has 2 rings (SSSR count). The number of hydrogen-bond donors (Lipinski definition) is 2. The largest absolute Gasteiger partial charge is 0.493 e. The van der Waals surface area contributed by atoms with E-state index in [2.05, 4.69) is 15.3 Å². The molecule has 0 saturated heterocycles. The summed E-state index contributed by atoms with van der Waals surface area (Å²) in [4.78, 5) is 22.4. The first kappa shape index (κ1) is 17.5. The van der Waals surface area contributed by atoms with Crippen LogP contribution < -0.4 is 19.7 Å². The Morgan fingerprint density at radius 3 is 2.54 bits per heavy atom. The number of methoxy groups -OCH3 is 1. The number of carbonyl (C=O) groups is 1. The van der Waals surface area contributed by atoms with Gasteiger partial charge in [0.05, 0.1) is 31.8 Å². The van der Waals surface area contributed by atoms with Crippen LogP contribution in [-0.4, -0.2) is 55.4 Å². The van der Waals surface area contributed by atoms with Gasteiger partial charge in [-0.3, -0.25) is 4.79 Å². The second kappa shape index (κ2) is 8.11. The molecule has 1 aromatic carbocycles. The Kier molecular flexibility index (Phi) is 5.91. The van der Waals surface area contributed by atoms with Crippen LogP contribution in [0.2, 0.25) is 0 Å². The molecule has 0 unspecified atom stereocenters. The molecule has 24 heavy (non-hydrogen) atoms. The molecular formula is C16H20N4O4. The van der Waals surface area contributed by atoms with Crippen molar-refractivity contribution in [3.63, 3.8) is 0 Å². The van der Waals surface area contributed by atoms with Crippen LogP contribution in [0.5, 0.6) is 11.5 Å². The average molecular weight is 332 g/mol. The van der Waals surface area contributed by atoms with Gasteiger partial charge in [0.1, 0.15) is 6.61 Å². The van der Waals surface area contributed by atoms with E-state index in [0.717, 1.165) is 0 Å². The van der Waals surface area contributed by atoms with E-state index in [0.29, 0.717) is 28.7 Å². The first-order chi connectivity index (χ1) is 11.5. The fraction of sp³-hybridized carbons (Fsp3) is 0.312. The van der Waals surface area contributed by atoms with Crippen molar-refractivity contribution in [1.29, 1.82) is 0 Å². The lowest BCUT2D eigenvalue weighted by Gasteiger charge is -2.12. The third kappa shape index (κ3) is 4.32. The minimum Gasteiger partial charge on any atom is -0.493 e. The van der Waals surface area contributed by atoms with Crippen molar-refractivity contribution in [3.05, 3.63) is 36.2 Å². The van der Waals surface area contributed by atoms with E-state index >= 15 is 0 Å². The van der Waals surface area contributed by atoms with E-state index in [1.807, 2.05) is 14.1 Å². The Bertz CT molecular complexity index is 689. The van der Waals surface area contributed by atoms with Crippen molar-refractivity contribution in [2.24, 2.45) is 0 Å². The average Bonchev–Trinajstić information content (AvgIpc) is 2.60. The maximum atomic E-state index is 12.3. The van der Waals surface area contributed by atoms with E-state index < -0.39 is 0 Å². The van der Waals surface area contributed by atoms with E-state index in [1.54, 1.807) is 23.1 Å². The Morgan fingerprint density at radius 1 is 1.25 bits per heavy atom. The number of benzene rings is 1. The third-order valence-corrected chi connectivity index (χ3v) is 3.07. The normalized spacial score (nSPS) is 10.2. The van der Waals surface area contributed by atoms with Gasteiger partial charge in [-0.25, -0.2) is 9.97 Å². The third-order valence-electron chi connectivity index (χ3n) is 3.07. The fourth-order valence-electron chi connectivity index (χ4n) is 1.91. The lowest BCUT2D eigenvalue weighted by atomic mass is 10.2. The molecule has 2 N–H and O–H groups in total. The van der Waals surface area contributed by atoms with E-state index in [-0.39, 0.29) is 19.1 Å². The number of hydrogen-bond acceptors (Lipinski definition) is 7. The number of nitrogens with one attached hydrogen (secondary N) is 1. The summed E-state index contributed by atoms with van der Waals surface area (Å²) in [5.74, 6) is 1.10. The van der Waals surface area contributed by atoms with Gasteiger partial charge in [0.2, 0.25) is 5.95 Å². The number of rotatable bonds is 7. The van der Waals surface area contributed by atoms with Crippen LogP contribution in [0.3, 0.4) is 0 Å². The zero-order valence-corrected chi connectivity index (χ0v) is 13.8. The number of ether oxygens (including phenoxy) is 2. The minimum atomic E-state index is -0.326. The zero-order valence-electron chi connectivity index (χ0n) is 13.8. The topological polar surface area (TPSA) is 96.8 Å². The maximum Gasteiger partial charge on any atom is 0.255 e. The summed E-state index contributed by atoms with van der Waals surface area (Å²) < 4.78 is 10.5.